The number of hydrogen-bond donors (Lipinski definition) is 1. The van der Waals surface area contributed by atoms with Crippen LogP contribution in [0.2, 0.25) is 5.15 Å². The van der Waals surface area contributed by atoms with Crippen LogP contribution in [0.4, 0.5) is 0 Å². The average Bonchev–Trinajstić information content (AvgIpc) is 2.78. The van der Waals surface area contributed by atoms with Gasteiger partial charge in [0.15, 0.2) is 0 Å². The summed E-state index contributed by atoms with van der Waals surface area (Å²) in [6.45, 7) is 6.39. The van der Waals surface area contributed by atoms with Crippen molar-refractivity contribution in [1.29, 1.82) is 0 Å². The molecule has 0 aliphatic heterocycles. The molecule has 2 aromatic heterocycles. The highest BCUT2D eigenvalue weighted by Gasteiger charge is 2.19. The molecule has 0 bridgehead atoms. The Balaban J connectivity index is 2.08. The lowest BCUT2D eigenvalue weighted by molar-refractivity contribution is 0.178. The molecule has 2 heterocycles. The van der Waals surface area contributed by atoms with Crippen molar-refractivity contribution in [3.8, 4) is 0 Å². The van der Waals surface area contributed by atoms with Crippen molar-refractivity contribution in [3.63, 3.8) is 0 Å². The van der Waals surface area contributed by atoms with Crippen LogP contribution in [0.3, 0.4) is 0 Å². The van der Waals surface area contributed by atoms with Gasteiger partial charge in [-0.15, -0.1) is 11.3 Å². The third-order valence-electron chi connectivity index (χ3n) is 2.82. The van der Waals surface area contributed by atoms with E-state index < -0.39 is 6.10 Å². The minimum absolute atomic E-state index is 0.0432. The van der Waals surface area contributed by atoms with Crippen LogP contribution in [0, 0.1) is 0 Å². The summed E-state index contributed by atoms with van der Waals surface area (Å²) in [4.78, 5) is 8.55. The number of aromatic nitrogens is 2. The minimum Gasteiger partial charge on any atom is -0.388 e. The number of aliphatic hydroxyl groups excluding tert-OH is 1. The van der Waals surface area contributed by atoms with Gasteiger partial charge in [-0.25, -0.2) is 9.97 Å². The number of rotatable bonds is 3. The van der Waals surface area contributed by atoms with Crippen molar-refractivity contribution < 1.29 is 5.11 Å². The van der Waals surface area contributed by atoms with Crippen molar-refractivity contribution in [1.82, 2.24) is 9.97 Å². The molecule has 3 nitrogen and oxygen atoms in total. The fourth-order valence-corrected chi connectivity index (χ4v) is 2.79. The van der Waals surface area contributed by atoms with Gasteiger partial charge in [-0.05, 0) is 11.6 Å². The molecule has 19 heavy (non-hydrogen) atoms. The molecule has 1 atom stereocenters. The number of hydrogen-bond acceptors (Lipinski definition) is 4. The summed E-state index contributed by atoms with van der Waals surface area (Å²) in [5.74, 6) is 0. The van der Waals surface area contributed by atoms with Crippen LogP contribution >= 0.6 is 22.9 Å². The molecule has 2 aromatic rings. The van der Waals surface area contributed by atoms with Gasteiger partial charge < -0.3 is 5.11 Å². The Hall–Kier alpha value is -0.970. The van der Waals surface area contributed by atoms with E-state index in [0.717, 1.165) is 16.3 Å². The van der Waals surface area contributed by atoms with E-state index in [2.05, 4.69) is 36.1 Å². The average molecular weight is 297 g/mol. The monoisotopic (exact) mass is 296 g/mol. The maximum absolute atomic E-state index is 10.2. The van der Waals surface area contributed by atoms with Gasteiger partial charge in [0.25, 0.3) is 0 Å². The van der Waals surface area contributed by atoms with Crippen molar-refractivity contribution in [3.05, 3.63) is 45.1 Å². The Morgan fingerprint density at radius 2 is 2.11 bits per heavy atom. The van der Waals surface area contributed by atoms with E-state index in [-0.39, 0.29) is 5.41 Å². The first-order valence-electron chi connectivity index (χ1n) is 6.10. The second-order valence-corrected chi connectivity index (χ2v) is 6.84. The third kappa shape index (κ3) is 3.75. The van der Waals surface area contributed by atoms with Gasteiger partial charge in [0, 0.05) is 23.4 Å². The molecule has 0 aliphatic rings. The molecule has 5 heteroatoms. The van der Waals surface area contributed by atoms with E-state index >= 15 is 0 Å². The van der Waals surface area contributed by atoms with E-state index in [1.807, 2.05) is 0 Å². The first-order valence-corrected chi connectivity index (χ1v) is 7.36. The zero-order valence-electron chi connectivity index (χ0n) is 11.2. The van der Waals surface area contributed by atoms with E-state index in [4.69, 9.17) is 11.6 Å². The quantitative estimate of drug-likeness (QED) is 0.877. The number of nitrogens with zero attached hydrogens (tertiary/aromatic N) is 2. The second kappa shape index (κ2) is 5.57. The lowest BCUT2D eigenvalue weighted by atomic mass is 9.93. The van der Waals surface area contributed by atoms with Crippen LogP contribution in [-0.4, -0.2) is 15.1 Å². The predicted molar refractivity (Wildman–Crippen MR) is 78.7 cm³/mol. The molecule has 0 spiro atoms. The van der Waals surface area contributed by atoms with Crippen molar-refractivity contribution in [2.75, 3.05) is 0 Å². The molecular weight excluding hydrogens is 280 g/mol. The first kappa shape index (κ1) is 14.4. The zero-order chi connectivity index (χ0) is 14.0. The van der Waals surface area contributed by atoms with Gasteiger partial charge in [0.2, 0.25) is 0 Å². The fraction of sp³-hybridized carbons (Fsp3) is 0.429. The third-order valence-corrected chi connectivity index (χ3v) is 3.92. The summed E-state index contributed by atoms with van der Waals surface area (Å²) in [7, 11) is 0. The van der Waals surface area contributed by atoms with E-state index in [1.54, 1.807) is 29.7 Å². The molecule has 0 saturated carbocycles. The van der Waals surface area contributed by atoms with Gasteiger partial charge in [-0.3, -0.25) is 0 Å². The highest BCUT2D eigenvalue weighted by Crippen LogP contribution is 2.26. The molecule has 1 N–H and O–H groups in total. The number of aliphatic hydroxyl groups is 1. The van der Waals surface area contributed by atoms with Crippen molar-refractivity contribution >= 4 is 22.9 Å². The predicted octanol–water partition coefficient (Wildman–Crippen LogP) is 3.77. The van der Waals surface area contributed by atoms with E-state index in [0.29, 0.717) is 11.6 Å². The minimum atomic E-state index is -0.594. The van der Waals surface area contributed by atoms with Crippen molar-refractivity contribution in [2.45, 2.75) is 38.7 Å². The standard InChI is InChI=1S/C14H17ClN2OS/c1-14(2,3)11-8-19-13(17-11)6-10(18)9-4-5-12(15)16-7-9/h4-5,7-8,10,18H,6H2,1-3H3. The first-order chi connectivity index (χ1) is 8.86. The molecular formula is C14H17ClN2OS. The Morgan fingerprint density at radius 1 is 1.37 bits per heavy atom. The number of halogens is 1. The van der Waals surface area contributed by atoms with Crippen LogP contribution in [0.25, 0.3) is 0 Å². The van der Waals surface area contributed by atoms with Crippen LogP contribution in [0.5, 0.6) is 0 Å². The normalized spacial score (nSPS) is 13.5. The maximum Gasteiger partial charge on any atom is 0.129 e. The highest BCUT2D eigenvalue weighted by atomic mass is 35.5. The number of pyridine rings is 1. The Morgan fingerprint density at radius 3 is 2.63 bits per heavy atom. The highest BCUT2D eigenvalue weighted by molar-refractivity contribution is 7.09. The topological polar surface area (TPSA) is 46.0 Å². The van der Waals surface area contributed by atoms with Crippen LogP contribution in [0.1, 0.15) is 43.1 Å². The fourth-order valence-electron chi connectivity index (χ4n) is 1.62. The van der Waals surface area contributed by atoms with Gasteiger partial charge in [0.05, 0.1) is 16.8 Å². The van der Waals surface area contributed by atoms with Gasteiger partial charge >= 0.3 is 0 Å². The molecule has 0 fully saturated rings. The largest absolute Gasteiger partial charge is 0.388 e. The van der Waals surface area contributed by atoms with Gasteiger partial charge in [-0.1, -0.05) is 38.4 Å². The molecule has 0 aliphatic carbocycles. The van der Waals surface area contributed by atoms with E-state index in [1.165, 1.54) is 0 Å². The summed E-state index contributed by atoms with van der Waals surface area (Å²) in [5.41, 5.74) is 1.87. The zero-order valence-corrected chi connectivity index (χ0v) is 12.8. The summed E-state index contributed by atoms with van der Waals surface area (Å²) in [6, 6.07) is 3.47. The summed E-state index contributed by atoms with van der Waals surface area (Å²) >= 11 is 7.31. The SMILES string of the molecule is CC(C)(C)c1csc(CC(O)c2ccc(Cl)nc2)n1. The molecule has 0 saturated heterocycles. The van der Waals surface area contributed by atoms with Gasteiger partial charge in [-0.2, -0.15) is 0 Å². The smallest absolute Gasteiger partial charge is 0.129 e. The summed E-state index contributed by atoms with van der Waals surface area (Å²) < 4.78 is 0. The molecule has 0 radical (unpaired) electrons. The maximum atomic E-state index is 10.2. The van der Waals surface area contributed by atoms with E-state index in [9.17, 15) is 5.11 Å². The Bertz CT molecular complexity index is 545. The lowest BCUT2D eigenvalue weighted by Crippen LogP contribution is -2.12. The molecule has 1 unspecified atom stereocenters. The van der Waals surface area contributed by atoms with Crippen molar-refractivity contribution in [2.24, 2.45) is 0 Å². The molecule has 0 aromatic carbocycles. The summed E-state index contributed by atoms with van der Waals surface area (Å²) in [5, 5.41) is 13.6. The Labute approximate surface area is 122 Å². The molecule has 102 valence electrons. The summed E-state index contributed by atoms with van der Waals surface area (Å²) in [6.07, 6.45) is 1.51. The molecule has 2 rings (SSSR count). The molecule has 0 amide bonds. The van der Waals surface area contributed by atoms with Crippen LogP contribution in [-0.2, 0) is 11.8 Å². The second-order valence-electron chi connectivity index (χ2n) is 5.51. The van der Waals surface area contributed by atoms with Crippen LogP contribution < -0.4 is 0 Å². The van der Waals surface area contributed by atoms with Crippen LogP contribution in [0.15, 0.2) is 23.7 Å². The Kier molecular flexibility index (Phi) is 4.23. The van der Waals surface area contributed by atoms with Gasteiger partial charge in [0.1, 0.15) is 5.15 Å². The number of thiazole rings is 1. The lowest BCUT2D eigenvalue weighted by Gasteiger charge is -2.14.